The van der Waals surface area contributed by atoms with Crippen LogP contribution in [0.15, 0.2) is 54.6 Å². The van der Waals surface area contributed by atoms with Crippen LogP contribution < -0.4 is 0 Å². The molecule has 6 heteroatoms. The number of rotatable bonds is 14. The molecule has 0 amide bonds. The van der Waals surface area contributed by atoms with E-state index in [0.29, 0.717) is 0 Å². The fraction of sp³-hybridized carbons (Fsp3) is 0.353. The number of aryl methyl sites for hydroxylation is 1. The number of nitriles is 2. The Morgan fingerprint density at radius 2 is 1.18 bits per heavy atom. The van der Waals surface area contributed by atoms with E-state index in [-0.39, 0.29) is 0 Å². The highest BCUT2D eigenvalue weighted by Gasteiger charge is 2.16. The molecular weight excluding hydrogens is 565 g/mol. The molecule has 0 unspecified atom stereocenters. The standard InChI is InChI=1S/C34H34N2S4/c1-2-3-4-5-6-7-8-12-15-27-16-25(22-35)31(37-27)18-28-20-33-34(38-28)21-29(39-33)19-32-26(23-36)17-30(40-32)24-13-10-9-11-14-24/h9-11,13-14,16-17,20-21H,2-8,12,15,18-19H2,1H3. The summed E-state index contributed by atoms with van der Waals surface area (Å²) in [5, 5.41) is 19.5. The lowest BCUT2D eigenvalue weighted by molar-refractivity contribution is 0.576. The Hall–Kier alpha value is -2.74. The normalized spacial score (nSPS) is 11.2. The van der Waals surface area contributed by atoms with Gasteiger partial charge in [0.25, 0.3) is 0 Å². The van der Waals surface area contributed by atoms with Crippen molar-refractivity contribution in [3.63, 3.8) is 0 Å². The number of fused-ring (bicyclic) bond motifs is 1. The van der Waals surface area contributed by atoms with Crippen LogP contribution in [0.25, 0.3) is 19.8 Å². The van der Waals surface area contributed by atoms with E-state index in [0.717, 1.165) is 40.1 Å². The van der Waals surface area contributed by atoms with Gasteiger partial charge in [-0.15, -0.1) is 45.3 Å². The van der Waals surface area contributed by atoms with Gasteiger partial charge in [-0.2, -0.15) is 10.5 Å². The summed E-state index contributed by atoms with van der Waals surface area (Å²) in [7, 11) is 0. The molecule has 0 aliphatic carbocycles. The zero-order chi connectivity index (χ0) is 27.7. The minimum Gasteiger partial charge on any atom is -0.192 e. The van der Waals surface area contributed by atoms with Crippen molar-refractivity contribution >= 4 is 54.7 Å². The molecule has 2 nitrogen and oxygen atoms in total. The molecule has 0 N–H and O–H groups in total. The summed E-state index contributed by atoms with van der Waals surface area (Å²) in [6.07, 6.45) is 13.4. The van der Waals surface area contributed by atoms with Crippen LogP contribution in [0.2, 0.25) is 0 Å². The van der Waals surface area contributed by atoms with Gasteiger partial charge in [-0.25, -0.2) is 0 Å². The van der Waals surface area contributed by atoms with E-state index in [1.54, 1.807) is 11.3 Å². The van der Waals surface area contributed by atoms with Crippen LogP contribution >= 0.6 is 45.3 Å². The van der Waals surface area contributed by atoms with Gasteiger partial charge in [0.15, 0.2) is 0 Å². The zero-order valence-electron chi connectivity index (χ0n) is 23.0. The maximum absolute atomic E-state index is 9.76. The first-order valence-electron chi connectivity index (χ1n) is 14.3. The van der Waals surface area contributed by atoms with E-state index in [1.165, 1.54) is 85.8 Å². The molecule has 40 heavy (non-hydrogen) atoms. The zero-order valence-corrected chi connectivity index (χ0v) is 26.3. The van der Waals surface area contributed by atoms with Crippen molar-refractivity contribution in [2.75, 3.05) is 0 Å². The molecule has 0 aliphatic heterocycles. The maximum Gasteiger partial charge on any atom is 0.100 e. The van der Waals surface area contributed by atoms with Crippen LogP contribution in [0.5, 0.6) is 0 Å². The highest BCUT2D eigenvalue weighted by Crippen LogP contribution is 2.39. The van der Waals surface area contributed by atoms with E-state index in [1.807, 2.05) is 58.3 Å². The van der Waals surface area contributed by atoms with E-state index in [4.69, 9.17) is 0 Å². The minimum atomic E-state index is 0.783. The van der Waals surface area contributed by atoms with Crippen LogP contribution in [0.1, 0.15) is 93.8 Å². The predicted octanol–water partition coefficient (Wildman–Crippen LogP) is 11.4. The molecule has 4 heterocycles. The maximum atomic E-state index is 9.76. The number of thiophene rings is 4. The van der Waals surface area contributed by atoms with E-state index >= 15 is 0 Å². The highest BCUT2D eigenvalue weighted by atomic mass is 32.1. The van der Waals surface area contributed by atoms with Gasteiger partial charge in [-0.3, -0.25) is 0 Å². The van der Waals surface area contributed by atoms with Gasteiger partial charge in [0.05, 0.1) is 11.1 Å². The summed E-state index contributed by atoms with van der Waals surface area (Å²) in [4.78, 5) is 7.47. The Morgan fingerprint density at radius 3 is 1.80 bits per heavy atom. The first kappa shape index (κ1) is 28.8. The molecule has 4 aromatic heterocycles. The first-order chi connectivity index (χ1) is 19.7. The van der Waals surface area contributed by atoms with Crippen molar-refractivity contribution < 1.29 is 0 Å². The Labute approximate surface area is 254 Å². The van der Waals surface area contributed by atoms with Crippen molar-refractivity contribution in [1.82, 2.24) is 0 Å². The van der Waals surface area contributed by atoms with Gasteiger partial charge in [0.2, 0.25) is 0 Å². The summed E-state index contributed by atoms with van der Waals surface area (Å²) in [5.74, 6) is 0. The number of unbranched alkanes of at least 4 members (excludes halogenated alkanes) is 7. The minimum absolute atomic E-state index is 0.783. The van der Waals surface area contributed by atoms with Crippen molar-refractivity contribution in [3.05, 3.63) is 90.1 Å². The second kappa shape index (κ2) is 14.2. The van der Waals surface area contributed by atoms with Crippen molar-refractivity contribution in [2.45, 2.75) is 77.6 Å². The van der Waals surface area contributed by atoms with Crippen LogP contribution in [0.3, 0.4) is 0 Å². The molecule has 0 radical (unpaired) electrons. The molecule has 0 aliphatic rings. The van der Waals surface area contributed by atoms with Gasteiger partial charge < -0.3 is 0 Å². The second-order valence-electron chi connectivity index (χ2n) is 10.3. The van der Waals surface area contributed by atoms with Crippen molar-refractivity contribution in [3.8, 4) is 22.6 Å². The quantitative estimate of drug-likeness (QED) is 0.119. The molecule has 5 aromatic rings. The van der Waals surface area contributed by atoms with Gasteiger partial charge >= 0.3 is 0 Å². The SMILES string of the molecule is CCCCCCCCCCc1cc(C#N)c(Cc2cc3sc(Cc4sc(-c5ccccc5)cc4C#N)cc3s2)s1. The van der Waals surface area contributed by atoms with Crippen LogP contribution in [-0.4, -0.2) is 0 Å². The third-order valence-corrected chi connectivity index (χ3v) is 11.9. The third kappa shape index (κ3) is 7.31. The van der Waals surface area contributed by atoms with Crippen molar-refractivity contribution in [2.24, 2.45) is 0 Å². The summed E-state index contributed by atoms with van der Waals surface area (Å²) in [6.45, 7) is 2.27. The van der Waals surface area contributed by atoms with Crippen LogP contribution in [0.4, 0.5) is 0 Å². The molecule has 0 fully saturated rings. The summed E-state index contributed by atoms with van der Waals surface area (Å²) >= 11 is 7.23. The largest absolute Gasteiger partial charge is 0.192 e. The summed E-state index contributed by atoms with van der Waals surface area (Å²) in [6, 6.07) is 23.9. The monoisotopic (exact) mass is 598 g/mol. The van der Waals surface area contributed by atoms with Crippen LogP contribution in [-0.2, 0) is 19.3 Å². The number of hydrogen-bond donors (Lipinski definition) is 0. The molecule has 0 saturated carbocycles. The Balaban J connectivity index is 1.19. The fourth-order valence-electron chi connectivity index (χ4n) is 5.09. The molecule has 0 saturated heterocycles. The van der Waals surface area contributed by atoms with E-state index in [9.17, 15) is 10.5 Å². The molecular formula is C34H34N2S4. The average Bonchev–Trinajstić information content (AvgIpc) is 3.74. The average molecular weight is 599 g/mol. The number of benzene rings is 1. The fourth-order valence-corrected chi connectivity index (χ4v) is 10.1. The van der Waals surface area contributed by atoms with Crippen LogP contribution in [0, 0.1) is 22.7 Å². The Morgan fingerprint density at radius 1 is 0.600 bits per heavy atom. The smallest absolute Gasteiger partial charge is 0.100 e. The molecule has 1 aromatic carbocycles. The van der Waals surface area contributed by atoms with Gasteiger partial charge in [0, 0.05) is 51.5 Å². The lowest BCUT2D eigenvalue weighted by Crippen LogP contribution is -1.83. The number of hydrogen-bond acceptors (Lipinski definition) is 6. The molecule has 0 spiro atoms. The third-order valence-electron chi connectivity index (χ3n) is 7.22. The summed E-state index contributed by atoms with van der Waals surface area (Å²) < 4.78 is 2.62. The first-order valence-corrected chi connectivity index (χ1v) is 17.5. The van der Waals surface area contributed by atoms with Gasteiger partial charge in [0.1, 0.15) is 12.1 Å². The lowest BCUT2D eigenvalue weighted by atomic mass is 10.1. The van der Waals surface area contributed by atoms with Gasteiger partial charge in [-0.05, 0) is 42.7 Å². The van der Waals surface area contributed by atoms with Gasteiger partial charge in [-0.1, -0.05) is 82.2 Å². The second-order valence-corrected chi connectivity index (χ2v) is 15.0. The predicted molar refractivity (Wildman–Crippen MR) is 175 cm³/mol. The molecule has 204 valence electrons. The Bertz CT molecular complexity index is 1590. The highest BCUT2D eigenvalue weighted by molar-refractivity contribution is 7.28. The number of nitrogens with zero attached hydrogens (tertiary/aromatic N) is 2. The molecule has 5 rings (SSSR count). The molecule has 0 atom stereocenters. The Kier molecular flexibility index (Phi) is 10.2. The topological polar surface area (TPSA) is 47.6 Å². The van der Waals surface area contributed by atoms with E-state index < -0.39 is 0 Å². The summed E-state index contributed by atoms with van der Waals surface area (Å²) in [5.41, 5.74) is 2.80. The molecule has 0 bridgehead atoms. The van der Waals surface area contributed by atoms with E-state index in [2.05, 4.69) is 49.4 Å². The lowest BCUT2D eigenvalue weighted by Gasteiger charge is -2.00. The van der Waals surface area contributed by atoms with Crippen molar-refractivity contribution in [1.29, 1.82) is 10.5 Å².